The van der Waals surface area contributed by atoms with E-state index in [1.807, 2.05) is 50.2 Å². The molecule has 2 aromatic carbocycles. The minimum absolute atomic E-state index is 0.784. The standard InChI is InChI=1S/C10H8OS.C2H6/c11-12-10-6-5-8-3-1-2-4-9(8)7-10;1-2/h1-7,11H;1-2H3. The molecule has 0 aromatic heterocycles. The highest BCUT2D eigenvalue weighted by molar-refractivity contribution is 7.93. The summed E-state index contributed by atoms with van der Waals surface area (Å²) in [6, 6.07) is 14.0. The van der Waals surface area contributed by atoms with Crippen LogP contribution in [-0.4, -0.2) is 4.55 Å². The summed E-state index contributed by atoms with van der Waals surface area (Å²) in [5.74, 6) is 0. The van der Waals surface area contributed by atoms with Gasteiger partial charge in [-0.25, -0.2) is 0 Å². The fourth-order valence-electron chi connectivity index (χ4n) is 1.22. The Morgan fingerprint density at radius 3 is 2.21 bits per heavy atom. The van der Waals surface area contributed by atoms with Crippen LogP contribution in [0, 0.1) is 0 Å². The van der Waals surface area contributed by atoms with Gasteiger partial charge in [-0.3, -0.25) is 0 Å². The lowest BCUT2D eigenvalue weighted by Crippen LogP contribution is -1.72. The Kier molecular flexibility index (Phi) is 4.50. The van der Waals surface area contributed by atoms with Gasteiger partial charge in [0.15, 0.2) is 0 Å². The zero-order valence-corrected chi connectivity index (χ0v) is 9.21. The van der Waals surface area contributed by atoms with Crippen LogP contribution in [0.1, 0.15) is 13.8 Å². The second kappa shape index (κ2) is 5.68. The Balaban J connectivity index is 0.000000461. The van der Waals surface area contributed by atoms with Crippen LogP contribution in [0.15, 0.2) is 47.4 Å². The Morgan fingerprint density at radius 1 is 0.929 bits per heavy atom. The van der Waals surface area contributed by atoms with Crippen molar-refractivity contribution in [2.24, 2.45) is 0 Å². The largest absolute Gasteiger partial charge is 0.325 e. The Morgan fingerprint density at radius 2 is 1.57 bits per heavy atom. The van der Waals surface area contributed by atoms with Crippen LogP contribution in [0.25, 0.3) is 10.8 Å². The van der Waals surface area contributed by atoms with Crippen LogP contribution in [0.3, 0.4) is 0 Å². The first kappa shape index (κ1) is 11.1. The molecule has 0 spiro atoms. The van der Waals surface area contributed by atoms with Gasteiger partial charge in [0.05, 0.1) is 0 Å². The van der Waals surface area contributed by atoms with Gasteiger partial charge in [0.25, 0.3) is 0 Å². The lowest BCUT2D eigenvalue weighted by atomic mass is 10.1. The average molecular weight is 206 g/mol. The highest BCUT2D eigenvalue weighted by Crippen LogP contribution is 2.20. The number of fused-ring (bicyclic) bond motifs is 1. The monoisotopic (exact) mass is 206 g/mol. The molecule has 0 radical (unpaired) electrons. The Hall–Kier alpha value is -0.990. The first-order valence-electron chi connectivity index (χ1n) is 4.70. The quantitative estimate of drug-likeness (QED) is 0.696. The summed E-state index contributed by atoms with van der Waals surface area (Å²) in [5.41, 5.74) is 0. The van der Waals surface area contributed by atoms with E-state index in [0.717, 1.165) is 22.3 Å². The van der Waals surface area contributed by atoms with E-state index in [0.29, 0.717) is 0 Å². The fraction of sp³-hybridized carbons (Fsp3) is 0.167. The van der Waals surface area contributed by atoms with Gasteiger partial charge in [0, 0.05) is 16.9 Å². The third-order valence-electron chi connectivity index (χ3n) is 1.83. The van der Waals surface area contributed by atoms with Crippen LogP contribution in [0.5, 0.6) is 0 Å². The van der Waals surface area contributed by atoms with Gasteiger partial charge in [0.2, 0.25) is 0 Å². The fourth-order valence-corrected chi connectivity index (χ4v) is 1.53. The van der Waals surface area contributed by atoms with E-state index in [1.54, 1.807) is 0 Å². The molecule has 1 N–H and O–H groups in total. The predicted molar refractivity (Wildman–Crippen MR) is 63.8 cm³/mol. The molecular formula is C12H14OS. The summed E-state index contributed by atoms with van der Waals surface area (Å²) in [6.07, 6.45) is 0. The van der Waals surface area contributed by atoms with E-state index in [-0.39, 0.29) is 0 Å². The smallest absolute Gasteiger partial charge is 0.0357 e. The molecule has 1 nitrogen and oxygen atoms in total. The van der Waals surface area contributed by atoms with Crippen molar-refractivity contribution < 1.29 is 4.55 Å². The third kappa shape index (κ3) is 2.50. The number of hydrogen-bond donors (Lipinski definition) is 1. The highest BCUT2D eigenvalue weighted by Gasteiger charge is 1.93. The van der Waals surface area contributed by atoms with Gasteiger partial charge in [-0.2, -0.15) is 0 Å². The van der Waals surface area contributed by atoms with Crippen LogP contribution in [0.2, 0.25) is 0 Å². The van der Waals surface area contributed by atoms with Crippen molar-refractivity contribution in [1.29, 1.82) is 0 Å². The summed E-state index contributed by atoms with van der Waals surface area (Å²) in [4.78, 5) is 0.883. The van der Waals surface area contributed by atoms with Gasteiger partial charge in [-0.1, -0.05) is 44.2 Å². The average Bonchev–Trinajstić information content (AvgIpc) is 2.31. The van der Waals surface area contributed by atoms with Crippen LogP contribution >= 0.6 is 12.0 Å². The van der Waals surface area contributed by atoms with Gasteiger partial charge in [0.1, 0.15) is 0 Å². The van der Waals surface area contributed by atoms with Gasteiger partial charge < -0.3 is 4.55 Å². The molecule has 0 heterocycles. The zero-order valence-electron chi connectivity index (χ0n) is 8.40. The van der Waals surface area contributed by atoms with Crippen LogP contribution in [-0.2, 0) is 0 Å². The summed E-state index contributed by atoms with van der Waals surface area (Å²) in [5, 5.41) is 2.37. The zero-order chi connectivity index (χ0) is 10.4. The molecule has 0 aliphatic carbocycles. The van der Waals surface area contributed by atoms with Gasteiger partial charge in [-0.05, 0) is 22.9 Å². The van der Waals surface area contributed by atoms with Crippen LogP contribution in [0.4, 0.5) is 0 Å². The number of rotatable bonds is 1. The lowest BCUT2D eigenvalue weighted by molar-refractivity contribution is 0.664. The maximum atomic E-state index is 8.81. The van der Waals surface area contributed by atoms with Crippen molar-refractivity contribution in [2.45, 2.75) is 18.7 Å². The maximum Gasteiger partial charge on any atom is 0.0357 e. The van der Waals surface area contributed by atoms with E-state index in [1.165, 1.54) is 5.39 Å². The van der Waals surface area contributed by atoms with Crippen molar-refractivity contribution in [3.05, 3.63) is 42.5 Å². The summed E-state index contributed by atoms with van der Waals surface area (Å²) in [6.45, 7) is 4.00. The number of benzene rings is 2. The van der Waals surface area contributed by atoms with Gasteiger partial charge >= 0.3 is 0 Å². The van der Waals surface area contributed by atoms with Crippen LogP contribution < -0.4 is 0 Å². The molecule has 0 fully saturated rings. The first-order chi connectivity index (χ1) is 6.90. The second-order valence-corrected chi connectivity index (χ2v) is 3.25. The summed E-state index contributed by atoms with van der Waals surface area (Å²) < 4.78 is 8.81. The molecule has 0 bridgehead atoms. The molecule has 2 aromatic rings. The molecule has 0 amide bonds. The summed E-state index contributed by atoms with van der Waals surface area (Å²) >= 11 is 0.784. The van der Waals surface area contributed by atoms with Gasteiger partial charge in [-0.15, -0.1) is 0 Å². The second-order valence-electron chi connectivity index (χ2n) is 2.60. The highest BCUT2D eigenvalue weighted by atomic mass is 32.2. The molecule has 0 saturated carbocycles. The van der Waals surface area contributed by atoms with Crippen molar-refractivity contribution in [2.75, 3.05) is 0 Å². The topological polar surface area (TPSA) is 20.2 Å². The Bertz CT molecular complexity index is 398. The third-order valence-corrected chi connectivity index (χ3v) is 2.29. The van der Waals surface area contributed by atoms with Crippen molar-refractivity contribution >= 4 is 22.8 Å². The number of hydrogen-bond acceptors (Lipinski definition) is 2. The van der Waals surface area contributed by atoms with Crippen molar-refractivity contribution in [3.8, 4) is 0 Å². The Labute approximate surface area is 89.0 Å². The maximum absolute atomic E-state index is 8.81. The van der Waals surface area contributed by atoms with E-state index < -0.39 is 0 Å². The van der Waals surface area contributed by atoms with E-state index in [2.05, 4.69) is 6.07 Å². The molecule has 14 heavy (non-hydrogen) atoms. The van der Waals surface area contributed by atoms with E-state index in [4.69, 9.17) is 4.55 Å². The minimum Gasteiger partial charge on any atom is -0.325 e. The molecule has 0 atom stereocenters. The molecule has 74 valence electrons. The minimum atomic E-state index is 0.784. The summed E-state index contributed by atoms with van der Waals surface area (Å²) in [7, 11) is 0. The molecular weight excluding hydrogens is 192 g/mol. The van der Waals surface area contributed by atoms with Crippen molar-refractivity contribution in [3.63, 3.8) is 0 Å². The lowest BCUT2D eigenvalue weighted by Gasteiger charge is -1.98. The SMILES string of the molecule is CC.OSc1ccc2ccccc2c1. The van der Waals surface area contributed by atoms with E-state index in [9.17, 15) is 0 Å². The molecule has 0 aliphatic rings. The molecule has 2 heteroatoms. The van der Waals surface area contributed by atoms with Crippen molar-refractivity contribution in [1.82, 2.24) is 0 Å². The molecule has 0 unspecified atom stereocenters. The predicted octanol–water partition coefficient (Wildman–Crippen LogP) is 4.43. The molecule has 0 saturated heterocycles. The first-order valence-corrected chi connectivity index (χ1v) is 5.48. The normalized spacial score (nSPS) is 9.36. The van der Waals surface area contributed by atoms with E-state index >= 15 is 0 Å². The molecule has 2 rings (SSSR count). The molecule has 0 aliphatic heterocycles.